The fraction of sp³-hybridized carbons (Fsp3) is 0.286. The Kier molecular flexibility index (Phi) is 4.95. The fourth-order valence-corrected chi connectivity index (χ4v) is 1.83. The summed E-state index contributed by atoms with van der Waals surface area (Å²) in [5.41, 5.74) is 0.917. The van der Waals surface area contributed by atoms with E-state index in [1.54, 1.807) is 6.20 Å². The van der Waals surface area contributed by atoms with Crippen molar-refractivity contribution >= 4 is 28.5 Å². The van der Waals surface area contributed by atoms with Crippen molar-refractivity contribution in [3.63, 3.8) is 0 Å². The molecule has 0 bridgehead atoms. The molecule has 4 nitrogen and oxygen atoms in total. The Labute approximate surface area is 126 Å². The number of nitrogens with one attached hydrogen (secondary N) is 1. The molecule has 0 saturated carbocycles. The molecule has 1 heterocycles. The summed E-state index contributed by atoms with van der Waals surface area (Å²) in [4.78, 5) is 8.61. The van der Waals surface area contributed by atoms with Gasteiger partial charge in [0.25, 0.3) is 0 Å². The molecule has 0 aliphatic rings. The molecule has 0 amide bonds. The third kappa shape index (κ3) is 4.05. The number of nitrogens with zero attached hydrogens (tertiary/aromatic N) is 2. The van der Waals surface area contributed by atoms with Gasteiger partial charge in [-0.25, -0.2) is 4.98 Å². The molecule has 2 rings (SSSR count). The highest BCUT2D eigenvalue weighted by molar-refractivity contribution is 14.1. The van der Waals surface area contributed by atoms with Crippen LogP contribution >= 0.6 is 22.6 Å². The standard InChI is InChI=1S/C14H16IN3O/c1-3-8-16-14-17-9-10(2)13(18-14)19-12-6-4-11(15)5-7-12/h4-7,9H,3,8H2,1-2H3,(H,16,17,18). The first-order valence-electron chi connectivity index (χ1n) is 6.20. The molecule has 0 spiro atoms. The van der Waals surface area contributed by atoms with Crippen molar-refractivity contribution in [3.8, 4) is 11.6 Å². The normalized spacial score (nSPS) is 10.3. The van der Waals surface area contributed by atoms with Crippen molar-refractivity contribution in [2.75, 3.05) is 11.9 Å². The van der Waals surface area contributed by atoms with Gasteiger partial charge in [-0.2, -0.15) is 4.98 Å². The highest BCUT2D eigenvalue weighted by Gasteiger charge is 2.06. The van der Waals surface area contributed by atoms with E-state index in [-0.39, 0.29) is 0 Å². The molecule has 1 N–H and O–H groups in total. The SMILES string of the molecule is CCCNc1ncc(C)c(Oc2ccc(I)cc2)n1. The van der Waals surface area contributed by atoms with E-state index in [2.05, 4.69) is 44.8 Å². The summed E-state index contributed by atoms with van der Waals surface area (Å²) in [5, 5.41) is 3.15. The van der Waals surface area contributed by atoms with E-state index in [1.807, 2.05) is 31.2 Å². The van der Waals surface area contributed by atoms with Crippen molar-refractivity contribution in [3.05, 3.63) is 39.6 Å². The Morgan fingerprint density at radius 3 is 2.68 bits per heavy atom. The molecule has 0 unspecified atom stereocenters. The smallest absolute Gasteiger partial charge is 0.226 e. The number of aryl methyl sites for hydroxylation is 1. The zero-order valence-electron chi connectivity index (χ0n) is 11.0. The molecule has 0 saturated heterocycles. The van der Waals surface area contributed by atoms with Crippen LogP contribution in [0.25, 0.3) is 0 Å². The Balaban J connectivity index is 2.16. The van der Waals surface area contributed by atoms with Crippen LogP contribution in [0.1, 0.15) is 18.9 Å². The van der Waals surface area contributed by atoms with Gasteiger partial charge < -0.3 is 10.1 Å². The van der Waals surface area contributed by atoms with E-state index >= 15 is 0 Å². The summed E-state index contributed by atoms with van der Waals surface area (Å²) in [5.74, 6) is 1.98. The first-order chi connectivity index (χ1) is 9.19. The number of anilines is 1. The van der Waals surface area contributed by atoms with Crippen LogP contribution in [0.2, 0.25) is 0 Å². The molecule has 0 radical (unpaired) electrons. The molecular weight excluding hydrogens is 353 g/mol. The Bertz CT molecular complexity index is 543. The highest BCUT2D eigenvalue weighted by atomic mass is 127. The van der Waals surface area contributed by atoms with E-state index in [1.165, 1.54) is 3.57 Å². The maximum absolute atomic E-state index is 5.79. The maximum Gasteiger partial charge on any atom is 0.226 e. The minimum absolute atomic E-state index is 0.592. The summed E-state index contributed by atoms with van der Waals surface area (Å²) in [7, 11) is 0. The van der Waals surface area contributed by atoms with Gasteiger partial charge in [0.05, 0.1) is 0 Å². The predicted octanol–water partition coefficient (Wildman–Crippen LogP) is 4.00. The van der Waals surface area contributed by atoms with Crippen molar-refractivity contribution in [1.29, 1.82) is 0 Å². The summed E-state index contributed by atoms with van der Waals surface area (Å²) < 4.78 is 6.97. The summed E-state index contributed by atoms with van der Waals surface area (Å²) in [6.07, 6.45) is 2.80. The third-order valence-corrected chi connectivity index (χ3v) is 3.21. The van der Waals surface area contributed by atoms with Crippen LogP contribution in [-0.4, -0.2) is 16.5 Å². The molecule has 0 aliphatic carbocycles. The van der Waals surface area contributed by atoms with E-state index in [0.29, 0.717) is 11.8 Å². The van der Waals surface area contributed by atoms with Crippen molar-refractivity contribution in [2.24, 2.45) is 0 Å². The first kappa shape index (κ1) is 14.0. The lowest BCUT2D eigenvalue weighted by Crippen LogP contribution is -2.05. The lowest BCUT2D eigenvalue weighted by molar-refractivity contribution is 0.458. The quantitative estimate of drug-likeness (QED) is 0.810. The summed E-state index contributed by atoms with van der Waals surface area (Å²) >= 11 is 2.26. The van der Waals surface area contributed by atoms with E-state index < -0.39 is 0 Å². The molecule has 0 fully saturated rings. The molecule has 1 aromatic heterocycles. The van der Waals surface area contributed by atoms with Crippen LogP contribution < -0.4 is 10.1 Å². The van der Waals surface area contributed by atoms with Gasteiger partial charge in [-0.15, -0.1) is 0 Å². The van der Waals surface area contributed by atoms with Gasteiger partial charge in [0.2, 0.25) is 11.8 Å². The van der Waals surface area contributed by atoms with Gasteiger partial charge in [-0.05, 0) is 60.2 Å². The molecule has 100 valence electrons. The second-order valence-electron chi connectivity index (χ2n) is 4.16. The van der Waals surface area contributed by atoms with Gasteiger partial charge in [-0.1, -0.05) is 6.92 Å². The number of ether oxygens (including phenoxy) is 1. The minimum Gasteiger partial charge on any atom is -0.439 e. The Morgan fingerprint density at radius 1 is 1.26 bits per heavy atom. The molecule has 19 heavy (non-hydrogen) atoms. The van der Waals surface area contributed by atoms with E-state index in [0.717, 1.165) is 24.3 Å². The van der Waals surface area contributed by atoms with Gasteiger partial charge >= 0.3 is 0 Å². The minimum atomic E-state index is 0.592. The summed E-state index contributed by atoms with van der Waals surface area (Å²) in [6.45, 7) is 4.89. The molecule has 1 aromatic carbocycles. The first-order valence-corrected chi connectivity index (χ1v) is 7.28. The zero-order valence-corrected chi connectivity index (χ0v) is 13.1. The van der Waals surface area contributed by atoms with Crippen LogP contribution in [0, 0.1) is 10.5 Å². The Hall–Kier alpha value is -1.37. The highest BCUT2D eigenvalue weighted by Crippen LogP contribution is 2.23. The predicted molar refractivity (Wildman–Crippen MR) is 84.8 cm³/mol. The monoisotopic (exact) mass is 369 g/mol. The average molecular weight is 369 g/mol. The lowest BCUT2D eigenvalue weighted by atomic mass is 10.3. The average Bonchev–Trinajstić information content (AvgIpc) is 2.42. The molecule has 2 aromatic rings. The molecule has 0 atom stereocenters. The van der Waals surface area contributed by atoms with Gasteiger partial charge in [-0.3, -0.25) is 0 Å². The van der Waals surface area contributed by atoms with Crippen molar-refractivity contribution < 1.29 is 4.74 Å². The van der Waals surface area contributed by atoms with Gasteiger partial charge in [0.1, 0.15) is 5.75 Å². The van der Waals surface area contributed by atoms with E-state index in [9.17, 15) is 0 Å². The second-order valence-corrected chi connectivity index (χ2v) is 5.41. The largest absolute Gasteiger partial charge is 0.439 e. The number of rotatable bonds is 5. The number of halogens is 1. The fourth-order valence-electron chi connectivity index (χ4n) is 1.47. The summed E-state index contributed by atoms with van der Waals surface area (Å²) in [6, 6.07) is 7.87. The lowest BCUT2D eigenvalue weighted by Gasteiger charge is -2.09. The van der Waals surface area contributed by atoms with Crippen LogP contribution in [0.3, 0.4) is 0 Å². The van der Waals surface area contributed by atoms with Crippen LogP contribution in [0.15, 0.2) is 30.5 Å². The van der Waals surface area contributed by atoms with Crippen LogP contribution in [0.4, 0.5) is 5.95 Å². The van der Waals surface area contributed by atoms with Gasteiger partial charge in [0.15, 0.2) is 0 Å². The second kappa shape index (κ2) is 6.70. The van der Waals surface area contributed by atoms with E-state index in [4.69, 9.17) is 4.74 Å². The van der Waals surface area contributed by atoms with Crippen molar-refractivity contribution in [2.45, 2.75) is 20.3 Å². The number of aromatic nitrogens is 2. The topological polar surface area (TPSA) is 47.0 Å². The van der Waals surface area contributed by atoms with Crippen LogP contribution in [0.5, 0.6) is 11.6 Å². The molecular formula is C14H16IN3O. The number of benzene rings is 1. The Morgan fingerprint density at radius 2 is 2.00 bits per heavy atom. The van der Waals surface area contributed by atoms with Gasteiger partial charge in [0, 0.05) is 21.9 Å². The zero-order chi connectivity index (χ0) is 13.7. The third-order valence-electron chi connectivity index (χ3n) is 2.49. The van der Waals surface area contributed by atoms with Crippen LogP contribution in [-0.2, 0) is 0 Å². The number of hydrogen-bond donors (Lipinski definition) is 1. The molecule has 0 aliphatic heterocycles. The molecule has 5 heteroatoms. The van der Waals surface area contributed by atoms with Crippen molar-refractivity contribution in [1.82, 2.24) is 9.97 Å². The number of hydrogen-bond acceptors (Lipinski definition) is 4. The maximum atomic E-state index is 5.79.